The number of nitrogens with one attached hydrogen (secondary N) is 1. The van der Waals surface area contributed by atoms with E-state index in [4.69, 9.17) is 0 Å². The summed E-state index contributed by atoms with van der Waals surface area (Å²) in [7, 11) is 0. The van der Waals surface area contributed by atoms with Gasteiger partial charge in [-0.25, -0.2) is 0 Å². The number of hydrogen-bond acceptors (Lipinski definition) is 2. The predicted octanol–water partition coefficient (Wildman–Crippen LogP) is 2.19. The zero-order valence-corrected chi connectivity index (χ0v) is 8.28. The topological polar surface area (TPSA) is 12.0 Å². The van der Waals surface area contributed by atoms with Crippen molar-refractivity contribution in [3.8, 4) is 0 Å². The van der Waals surface area contributed by atoms with Gasteiger partial charge in [0.1, 0.15) is 0 Å². The molecule has 1 heterocycles. The van der Waals surface area contributed by atoms with Crippen LogP contribution in [0.2, 0.25) is 0 Å². The van der Waals surface area contributed by atoms with Crippen molar-refractivity contribution >= 4 is 11.8 Å². The van der Waals surface area contributed by atoms with E-state index in [1.807, 2.05) is 0 Å². The predicted molar refractivity (Wildman–Crippen MR) is 55.6 cm³/mol. The first-order chi connectivity index (χ1) is 5.95. The molecule has 1 nitrogen and oxygen atoms in total. The standard InChI is InChI=1S/C10H17NS/c1-2-5-9(4-1)11-10-6-3-7-12-8-10/h1,4,9-11H,2-3,5-8H2. The van der Waals surface area contributed by atoms with Crippen molar-refractivity contribution in [1.29, 1.82) is 0 Å². The quantitative estimate of drug-likeness (QED) is 0.659. The summed E-state index contributed by atoms with van der Waals surface area (Å²) in [5, 5.41) is 3.71. The Morgan fingerprint density at radius 2 is 2.33 bits per heavy atom. The summed E-state index contributed by atoms with van der Waals surface area (Å²) < 4.78 is 0. The molecule has 0 saturated carbocycles. The summed E-state index contributed by atoms with van der Waals surface area (Å²) in [6.07, 6.45) is 10.0. The highest BCUT2D eigenvalue weighted by atomic mass is 32.2. The number of rotatable bonds is 2. The molecule has 0 aromatic heterocycles. The van der Waals surface area contributed by atoms with Crippen molar-refractivity contribution in [2.24, 2.45) is 0 Å². The highest BCUT2D eigenvalue weighted by Gasteiger charge is 2.17. The molecule has 2 aliphatic rings. The Hall–Kier alpha value is 0.0500. The minimum atomic E-state index is 0.689. The monoisotopic (exact) mass is 183 g/mol. The van der Waals surface area contributed by atoms with Crippen molar-refractivity contribution in [2.45, 2.75) is 37.8 Å². The van der Waals surface area contributed by atoms with Crippen LogP contribution >= 0.6 is 11.8 Å². The Morgan fingerprint density at radius 1 is 1.33 bits per heavy atom. The van der Waals surface area contributed by atoms with Gasteiger partial charge in [-0.2, -0.15) is 11.8 Å². The van der Waals surface area contributed by atoms with Crippen LogP contribution in [0.3, 0.4) is 0 Å². The molecule has 1 aliphatic carbocycles. The minimum Gasteiger partial charge on any atom is -0.307 e. The molecular weight excluding hydrogens is 166 g/mol. The summed E-state index contributed by atoms with van der Waals surface area (Å²) >= 11 is 2.10. The SMILES string of the molecule is C1=CC(NC2CCCSC2)CC1. The van der Waals surface area contributed by atoms with Gasteiger partial charge in [0.05, 0.1) is 0 Å². The first kappa shape index (κ1) is 8.64. The van der Waals surface area contributed by atoms with Gasteiger partial charge in [0.15, 0.2) is 0 Å². The Labute approximate surface area is 79.0 Å². The average Bonchev–Trinajstić information content (AvgIpc) is 2.59. The molecular formula is C10H17NS. The van der Waals surface area contributed by atoms with Crippen molar-refractivity contribution < 1.29 is 0 Å². The van der Waals surface area contributed by atoms with Crippen LogP contribution in [0.1, 0.15) is 25.7 Å². The molecule has 1 saturated heterocycles. The number of thioether (sulfide) groups is 1. The summed E-state index contributed by atoms with van der Waals surface area (Å²) in [6, 6.07) is 1.48. The Kier molecular flexibility index (Phi) is 3.12. The molecule has 1 fully saturated rings. The van der Waals surface area contributed by atoms with Gasteiger partial charge < -0.3 is 5.32 Å². The van der Waals surface area contributed by atoms with Crippen molar-refractivity contribution in [3.05, 3.63) is 12.2 Å². The lowest BCUT2D eigenvalue weighted by Crippen LogP contribution is -2.39. The first-order valence-corrected chi connectivity index (χ1v) is 6.11. The van der Waals surface area contributed by atoms with Gasteiger partial charge in [0.25, 0.3) is 0 Å². The van der Waals surface area contributed by atoms with E-state index in [0.29, 0.717) is 6.04 Å². The molecule has 2 unspecified atom stereocenters. The third kappa shape index (κ3) is 2.27. The van der Waals surface area contributed by atoms with Gasteiger partial charge in [-0.15, -0.1) is 0 Å². The van der Waals surface area contributed by atoms with Crippen LogP contribution in [-0.4, -0.2) is 23.6 Å². The summed E-state index contributed by atoms with van der Waals surface area (Å²) in [6.45, 7) is 0. The van der Waals surface area contributed by atoms with Crippen molar-refractivity contribution in [3.63, 3.8) is 0 Å². The highest BCUT2D eigenvalue weighted by Crippen LogP contribution is 2.19. The lowest BCUT2D eigenvalue weighted by molar-refractivity contribution is 0.462. The fraction of sp³-hybridized carbons (Fsp3) is 0.800. The highest BCUT2D eigenvalue weighted by molar-refractivity contribution is 7.99. The van der Waals surface area contributed by atoms with E-state index < -0.39 is 0 Å². The van der Waals surface area contributed by atoms with Gasteiger partial charge >= 0.3 is 0 Å². The van der Waals surface area contributed by atoms with Crippen LogP contribution in [0.4, 0.5) is 0 Å². The molecule has 12 heavy (non-hydrogen) atoms. The van der Waals surface area contributed by atoms with Crippen LogP contribution < -0.4 is 5.32 Å². The first-order valence-electron chi connectivity index (χ1n) is 4.95. The second-order valence-electron chi connectivity index (χ2n) is 3.69. The van der Waals surface area contributed by atoms with Gasteiger partial charge in [-0.1, -0.05) is 12.2 Å². The third-order valence-corrected chi connectivity index (χ3v) is 3.84. The Balaban J connectivity index is 1.73. The molecule has 2 atom stereocenters. The van der Waals surface area contributed by atoms with E-state index in [-0.39, 0.29) is 0 Å². The second kappa shape index (κ2) is 4.33. The molecule has 68 valence electrons. The van der Waals surface area contributed by atoms with Crippen LogP contribution in [0.25, 0.3) is 0 Å². The number of allylic oxidation sites excluding steroid dienone is 1. The lowest BCUT2D eigenvalue weighted by Gasteiger charge is -2.25. The van der Waals surface area contributed by atoms with E-state index in [1.54, 1.807) is 0 Å². The fourth-order valence-corrected chi connectivity index (χ4v) is 3.03. The summed E-state index contributed by atoms with van der Waals surface area (Å²) in [4.78, 5) is 0. The van der Waals surface area contributed by atoms with Crippen LogP contribution in [0.15, 0.2) is 12.2 Å². The number of hydrogen-bond donors (Lipinski definition) is 1. The van der Waals surface area contributed by atoms with E-state index >= 15 is 0 Å². The molecule has 1 aliphatic heterocycles. The minimum absolute atomic E-state index is 0.689. The summed E-state index contributed by atoms with van der Waals surface area (Å²) in [5.74, 6) is 2.70. The van der Waals surface area contributed by atoms with Gasteiger partial charge in [0.2, 0.25) is 0 Å². The van der Waals surface area contributed by atoms with E-state index in [0.717, 1.165) is 6.04 Å². The maximum atomic E-state index is 3.71. The van der Waals surface area contributed by atoms with E-state index in [2.05, 4.69) is 29.2 Å². The van der Waals surface area contributed by atoms with Gasteiger partial charge in [-0.05, 0) is 31.4 Å². The van der Waals surface area contributed by atoms with Gasteiger partial charge in [-0.3, -0.25) is 0 Å². The largest absolute Gasteiger partial charge is 0.307 e. The zero-order valence-electron chi connectivity index (χ0n) is 7.46. The van der Waals surface area contributed by atoms with Gasteiger partial charge in [0, 0.05) is 17.8 Å². The van der Waals surface area contributed by atoms with Crippen molar-refractivity contribution in [1.82, 2.24) is 5.32 Å². The molecule has 0 aromatic rings. The molecule has 0 spiro atoms. The van der Waals surface area contributed by atoms with E-state index in [9.17, 15) is 0 Å². The normalized spacial score (nSPS) is 35.7. The Morgan fingerprint density at radius 3 is 3.00 bits per heavy atom. The molecule has 2 rings (SSSR count). The van der Waals surface area contributed by atoms with Crippen LogP contribution in [0, 0.1) is 0 Å². The van der Waals surface area contributed by atoms with Crippen LogP contribution in [-0.2, 0) is 0 Å². The molecule has 1 N–H and O–H groups in total. The smallest absolute Gasteiger partial charge is 0.0255 e. The molecule has 0 radical (unpaired) electrons. The summed E-state index contributed by atoms with van der Waals surface area (Å²) in [5.41, 5.74) is 0. The third-order valence-electron chi connectivity index (χ3n) is 2.62. The average molecular weight is 183 g/mol. The zero-order chi connectivity index (χ0) is 8.23. The van der Waals surface area contributed by atoms with Crippen molar-refractivity contribution in [2.75, 3.05) is 11.5 Å². The molecule has 0 bridgehead atoms. The molecule has 0 aromatic carbocycles. The maximum absolute atomic E-state index is 3.71. The van der Waals surface area contributed by atoms with E-state index in [1.165, 1.54) is 37.2 Å². The molecule has 2 heteroatoms. The lowest BCUT2D eigenvalue weighted by atomic mass is 10.1. The maximum Gasteiger partial charge on any atom is 0.0255 e. The Bertz CT molecular complexity index is 161. The van der Waals surface area contributed by atoms with Crippen LogP contribution in [0.5, 0.6) is 0 Å². The fourth-order valence-electron chi connectivity index (χ4n) is 1.95. The molecule has 0 amide bonds. The second-order valence-corrected chi connectivity index (χ2v) is 4.84.